The first-order valence-corrected chi connectivity index (χ1v) is 7.59. The summed E-state index contributed by atoms with van der Waals surface area (Å²) in [6.07, 6.45) is 1.88. The van der Waals surface area contributed by atoms with E-state index in [1.54, 1.807) is 0 Å². The van der Waals surface area contributed by atoms with Crippen LogP contribution in [0.3, 0.4) is 0 Å². The Morgan fingerprint density at radius 3 is 3.06 bits per heavy atom. The summed E-state index contributed by atoms with van der Waals surface area (Å²) in [6.45, 7) is 0.155. The molecule has 2 N–H and O–H groups in total. The lowest BCUT2D eigenvalue weighted by Gasteiger charge is -2.03. The Balaban J connectivity index is 2.58. The van der Waals surface area contributed by atoms with Crippen molar-refractivity contribution in [3.8, 4) is 11.8 Å². The van der Waals surface area contributed by atoms with E-state index in [0.29, 0.717) is 17.9 Å². The summed E-state index contributed by atoms with van der Waals surface area (Å²) in [4.78, 5) is 4.49. The molecule has 0 saturated carbocycles. The molecule has 0 aromatic carbocycles. The summed E-state index contributed by atoms with van der Waals surface area (Å²) in [5.41, 5.74) is 0. The summed E-state index contributed by atoms with van der Waals surface area (Å²) in [5, 5.41) is 8.80. The molecule has 6 nitrogen and oxygen atoms in total. The second kappa shape index (κ2) is 7.33. The zero-order valence-corrected chi connectivity index (χ0v) is 11.5. The third kappa shape index (κ3) is 5.46. The number of sulfonamides is 1. The maximum absolute atomic E-state index is 11.6. The van der Waals surface area contributed by atoms with Gasteiger partial charge in [0.15, 0.2) is 5.13 Å². The second-order valence-electron chi connectivity index (χ2n) is 3.26. The Morgan fingerprint density at radius 1 is 1.61 bits per heavy atom. The Hall–Kier alpha value is -1.14. The number of methoxy groups -OCH3 is 1. The molecule has 0 spiro atoms. The summed E-state index contributed by atoms with van der Waals surface area (Å²) in [7, 11) is -1.87. The van der Waals surface area contributed by atoms with Gasteiger partial charge in [0.25, 0.3) is 0 Å². The molecule has 0 atom stereocenters. The molecule has 0 unspecified atom stereocenters. The zero-order chi connectivity index (χ0) is 13.4. The second-order valence-corrected chi connectivity index (χ2v) is 6.13. The molecule has 0 fully saturated rings. The van der Waals surface area contributed by atoms with E-state index in [2.05, 4.69) is 21.5 Å². The predicted molar refractivity (Wildman–Crippen MR) is 70.0 cm³/mol. The number of thiazole rings is 1. The number of anilines is 1. The molecule has 1 aromatic heterocycles. The third-order valence-electron chi connectivity index (χ3n) is 1.80. The fraction of sp³-hybridized carbons (Fsp3) is 0.500. The Kier molecular flexibility index (Phi) is 6.07. The third-order valence-corrected chi connectivity index (χ3v) is 4.09. The van der Waals surface area contributed by atoms with Gasteiger partial charge in [0.05, 0.1) is 16.8 Å². The van der Waals surface area contributed by atoms with Crippen LogP contribution in [-0.4, -0.2) is 44.6 Å². The molecule has 100 valence electrons. The van der Waals surface area contributed by atoms with Crippen molar-refractivity contribution in [3.63, 3.8) is 0 Å². The highest BCUT2D eigenvalue weighted by atomic mass is 32.2. The van der Waals surface area contributed by atoms with Gasteiger partial charge < -0.3 is 9.84 Å². The number of nitrogens with one attached hydrogen (secondary N) is 1. The van der Waals surface area contributed by atoms with E-state index in [9.17, 15) is 8.42 Å². The van der Waals surface area contributed by atoms with E-state index in [0.717, 1.165) is 11.3 Å². The van der Waals surface area contributed by atoms with E-state index >= 15 is 0 Å². The van der Waals surface area contributed by atoms with Crippen molar-refractivity contribution >= 4 is 26.5 Å². The number of aromatic nitrogens is 1. The van der Waals surface area contributed by atoms with Gasteiger partial charge in [-0.05, 0) is 6.42 Å². The Bertz CT molecular complexity index is 528. The number of hydrogen-bond acceptors (Lipinski definition) is 6. The van der Waals surface area contributed by atoms with Crippen LogP contribution in [0.15, 0.2) is 6.20 Å². The van der Waals surface area contributed by atoms with Gasteiger partial charge in [-0.2, -0.15) is 0 Å². The van der Waals surface area contributed by atoms with Gasteiger partial charge in [-0.1, -0.05) is 23.2 Å². The van der Waals surface area contributed by atoms with Gasteiger partial charge >= 0.3 is 0 Å². The molecule has 0 aliphatic heterocycles. The van der Waals surface area contributed by atoms with Crippen molar-refractivity contribution in [1.82, 2.24) is 4.98 Å². The van der Waals surface area contributed by atoms with Crippen molar-refractivity contribution < 1.29 is 18.3 Å². The van der Waals surface area contributed by atoms with Gasteiger partial charge in [0.1, 0.15) is 6.61 Å². The van der Waals surface area contributed by atoms with Crippen molar-refractivity contribution in [3.05, 3.63) is 11.1 Å². The highest BCUT2D eigenvalue weighted by Crippen LogP contribution is 2.18. The number of ether oxygens (including phenoxy) is 1. The molecule has 0 amide bonds. The number of rotatable bonds is 6. The minimum atomic E-state index is -3.39. The Labute approximate surface area is 110 Å². The molecule has 8 heteroatoms. The summed E-state index contributed by atoms with van der Waals surface area (Å²) in [5.74, 6) is 5.10. The average Bonchev–Trinajstić information content (AvgIpc) is 2.73. The number of hydrogen-bond donors (Lipinski definition) is 2. The number of aliphatic hydroxyl groups excluding tert-OH is 1. The molecular weight excluding hydrogens is 276 g/mol. The topological polar surface area (TPSA) is 88.5 Å². The molecule has 18 heavy (non-hydrogen) atoms. The van der Waals surface area contributed by atoms with Crippen LogP contribution in [0.25, 0.3) is 0 Å². The van der Waals surface area contributed by atoms with Crippen LogP contribution in [0, 0.1) is 11.8 Å². The normalized spacial score (nSPS) is 10.8. The van der Waals surface area contributed by atoms with Crippen LogP contribution in [0.4, 0.5) is 5.13 Å². The van der Waals surface area contributed by atoms with E-state index in [1.807, 2.05) is 0 Å². The fourth-order valence-corrected chi connectivity index (χ4v) is 3.09. The van der Waals surface area contributed by atoms with Gasteiger partial charge in [-0.3, -0.25) is 4.72 Å². The van der Waals surface area contributed by atoms with Gasteiger partial charge in [0, 0.05) is 13.7 Å². The van der Waals surface area contributed by atoms with Crippen LogP contribution in [0.1, 0.15) is 11.3 Å². The van der Waals surface area contributed by atoms with Crippen molar-refractivity contribution in [2.45, 2.75) is 6.42 Å². The molecule has 1 heterocycles. The molecule has 0 saturated heterocycles. The highest BCUT2D eigenvalue weighted by Gasteiger charge is 2.12. The average molecular weight is 290 g/mol. The number of nitrogens with zero attached hydrogens (tertiary/aromatic N) is 1. The van der Waals surface area contributed by atoms with Crippen LogP contribution >= 0.6 is 11.3 Å². The minimum Gasteiger partial charge on any atom is -0.385 e. The van der Waals surface area contributed by atoms with Crippen LogP contribution in [0.2, 0.25) is 0 Å². The highest BCUT2D eigenvalue weighted by molar-refractivity contribution is 7.92. The fourth-order valence-electron chi connectivity index (χ4n) is 1.08. The van der Waals surface area contributed by atoms with Crippen LogP contribution in [0.5, 0.6) is 0 Å². The molecule has 0 aliphatic rings. The molecule has 0 aliphatic carbocycles. The van der Waals surface area contributed by atoms with Crippen molar-refractivity contribution in [2.75, 3.05) is 30.8 Å². The predicted octanol–water partition coefficient (Wildman–Crippen LogP) is 0.265. The maximum Gasteiger partial charge on any atom is 0.234 e. The molecule has 1 rings (SSSR count). The molecule has 0 radical (unpaired) electrons. The summed E-state index contributed by atoms with van der Waals surface area (Å²) >= 11 is 1.12. The van der Waals surface area contributed by atoms with Crippen molar-refractivity contribution in [2.24, 2.45) is 0 Å². The van der Waals surface area contributed by atoms with E-state index < -0.39 is 10.0 Å². The van der Waals surface area contributed by atoms with Crippen LogP contribution in [-0.2, 0) is 14.8 Å². The molecule has 1 aromatic rings. The first kappa shape index (κ1) is 14.9. The maximum atomic E-state index is 11.6. The lowest BCUT2D eigenvalue weighted by atomic mass is 10.5. The molecular formula is C10H14N2O4S2. The van der Waals surface area contributed by atoms with Gasteiger partial charge in [0.2, 0.25) is 10.0 Å². The monoisotopic (exact) mass is 290 g/mol. The first-order valence-electron chi connectivity index (χ1n) is 5.12. The first-order chi connectivity index (χ1) is 8.57. The van der Waals surface area contributed by atoms with Gasteiger partial charge in [-0.25, -0.2) is 13.4 Å². The largest absolute Gasteiger partial charge is 0.385 e. The quantitative estimate of drug-likeness (QED) is 0.580. The minimum absolute atomic E-state index is 0.0158. The smallest absolute Gasteiger partial charge is 0.234 e. The number of aliphatic hydroxyl groups is 1. The summed E-state index contributed by atoms with van der Waals surface area (Å²) < 4.78 is 30.4. The Morgan fingerprint density at radius 2 is 2.39 bits per heavy atom. The lowest BCUT2D eigenvalue weighted by molar-refractivity contribution is 0.199. The van der Waals surface area contributed by atoms with Gasteiger partial charge in [-0.15, -0.1) is 0 Å². The van der Waals surface area contributed by atoms with Crippen LogP contribution < -0.4 is 4.72 Å². The lowest BCUT2D eigenvalue weighted by Crippen LogP contribution is -2.17. The van der Waals surface area contributed by atoms with E-state index in [-0.39, 0.29) is 17.5 Å². The standard InChI is InChI=1S/C10H14N2O4S2/c1-16-6-3-7-18(14,15)12-10-11-8-9(17-10)4-2-5-13/h8,13H,3,5-7H2,1H3,(H,11,12). The molecule has 0 bridgehead atoms. The summed E-state index contributed by atoms with van der Waals surface area (Å²) in [6, 6.07) is 0. The van der Waals surface area contributed by atoms with Crippen molar-refractivity contribution in [1.29, 1.82) is 0 Å². The van der Waals surface area contributed by atoms with E-state index in [4.69, 9.17) is 9.84 Å². The van der Waals surface area contributed by atoms with E-state index in [1.165, 1.54) is 13.3 Å². The zero-order valence-electron chi connectivity index (χ0n) is 9.84. The SMILES string of the molecule is COCCCS(=O)(=O)Nc1ncc(C#CCO)s1.